The van der Waals surface area contributed by atoms with Crippen molar-refractivity contribution in [2.45, 2.75) is 44.8 Å². The van der Waals surface area contributed by atoms with Crippen molar-refractivity contribution in [1.29, 1.82) is 0 Å². The molecule has 28 heavy (non-hydrogen) atoms. The quantitative estimate of drug-likeness (QED) is 0.778. The number of carbonyl (C=O) groups excluding carboxylic acids is 1. The van der Waals surface area contributed by atoms with Crippen LogP contribution in [0.25, 0.3) is 0 Å². The molecular formula is C22H28N2O3S. The van der Waals surface area contributed by atoms with Crippen LogP contribution in [-0.2, 0) is 23.3 Å². The van der Waals surface area contributed by atoms with Crippen LogP contribution < -0.4 is 15.4 Å². The van der Waals surface area contributed by atoms with Crippen LogP contribution in [0, 0.1) is 0 Å². The van der Waals surface area contributed by atoms with Gasteiger partial charge in [-0.1, -0.05) is 25.1 Å². The Kier molecular flexibility index (Phi) is 5.99. The van der Waals surface area contributed by atoms with Gasteiger partial charge in [0.1, 0.15) is 11.4 Å². The Morgan fingerprint density at radius 3 is 2.96 bits per heavy atom. The summed E-state index contributed by atoms with van der Waals surface area (Å²) in [6.45, 7) is 5.90. The molecule has 0 radical (unpaired) electrons. The SMILES string of the molecule is CCCOc1ccccc1CNC(=O)c1cc2c(s1)C1(CCNCC1)OCC2. The number of carbonyl (C=O) groups is 1. The maximum Gasteiger partial charge on any atom is 0.261 e. The molecule has 1 amide bonds. The zero-order valence-electron chi connectivity index (χ0n) is 16.4. The van der Waals surface area contributed by atoms with Crippen molar-refractivity contribution in [2.24, 2.45) is 0 Å². The van der Waals surface area contributed by atoms with Gasteiger partial charge in [-0.2, -0.15) is 0 Å². The summed E-state index contributed by atoms with van der Waals surface area (Å²) in [5, 5.41) is 6.48. The Morgan fingerprint density at radius 1 is 1.32 bits per heavy atom. The van der Waals surface area contributed by atoms with Crippen LogP contribution in [0.1, 0.15) is 51.9 Å². The van der Waals surface area contributed by atoms with Gasteiger partial charge >= 0.3 is 0 Å². The fourth-order valence-corrected chi connectivity index (χ4v) is 5.33. The zero-order valence-corrected chi connectivity index (χ0v) is 17.2. The monoisotopic (exact) mass is 400 g/mol. The van der Waals surface area contributed by atoms with E-state index in [1.54, 1.807) is 11.3 Å². The van der Waals surface area contributed by atoms with E-state index < -0.39 is 0 Å². The van der Waals surface area contributed by atoms with E-state index >= 15 is 0 Å². The van der Waals surface area contributed by atoms with Crippen LogP contribution in [0.4, 0.5) is 0 Å². The molecule has 1 aromatic carbocycles. The fourth-order valence-electron chi connectivity index (χ4n) is 4.00. The minimum absolute atomic E-state index is 0.0196. The van der Waals surface area contributed by atoms with Crippen LogP contribution in [0.15, 0.2) is 30.3 Å². The fraction of sp³-hybridized carbons (Fsp3) is 0.500. The maximum absolute atomic E-state index is 12.8. The first-order valence-corrected chi connectivity index (χ1v) is 11.0. The highest BCUT2D eigenvalue weighted by molar-refractivity contribution is 7.14. The average molecular weight is 401 g/mol. The Labute approximate surface area is 170 Å². The average Bonchev–Trinajstić information content (AvgIpc) is 3.18. The first kappa shape index (κ1) is 19.4. The third-order valence-electron chi connectivity index (χ3n) is 5.48. The number of fused-ring (bicyclic) bond motifs is 2. The molecule has 4 rings (SSSR count). The summed E-state index contributed by atoms with van der Waals surface area (Å²) in [5.74, 6) is 0.825. The lowest BCUT2D eigenvalue weighted by Crippen LogP contribution is -2.43. The van der Waals surface area contributed by atoms with Crippen molar-refractivity contribution < 1.29 is 14.3 Å². The van der Waals surface area contributed by atoms with Gasteiger partial charge < -0.3 is 20.1 Å². The molecule has 2 N–H and O–H groups in total. The van der Waals surface area contributed by atoms with Crippen molar-refractivity contribution in [3.8, 4) is 5.75 Å². The van der Waals surface area contributed by atoms with Crippen LogP contribution in [0.3, 0.4) is 0 Å². The Bertz CT molecular complexity index is 827. The molecule has 1 aromatic heterocycles. The summed E-state index contributed by atoms with van der Waals surface area (Å²) < 4.78 is 12.0. The van der Waals surface area contributed by atoms with Crippen LogP contribution in [-0.4, -0.2) is 32.2 Å². The van der Waals surface area contributed by atoms with Crippen molar-refractivity contribution in [1.82, 2.24) is 10.6 Å². The lowest BCUT2D eigenvalue weighted by Gasteiger charge is -2.40. The number of rotatable bonds is 6. The van der Waals surface area contributed by atoms with Crippen molar-refractivity contribution in [2.75, 3.05) is 26.3 Å². The molecule has 0 aliphatic carbocycles. The molecule has 1 saturated heterocycles. The van der Waals surface area contributed by atoms with Crippen LogP contribution in [0.5, 0.6) is 5.75 Å². The highest BCUT2D eigenvalue weighted by atomic mass is 32.1. The van der Waals surface area contributed by atoms with Crippen LogP contribution in [0.2, 0.25) is 0 Å². The van der Waals surface area contributed by atoms with Gasteiger partial charge in [0, 0.05) is 17.0 Å². The second-order valence-corrected chi connectivity index (χ2v) is 8.50. The summed E-state index contributed by atoms with van der Waals surface area (Å²) in [7, 11) is 0. The van der Waals surface area contributed by atoms with Gasteiger partial charge in [-0.15, -0.1) is 11.3 Å². The van der Waals surface area contributed by atoms with Crippen molar-refractivity contribution >= 4 is 17.2 Å². The summed E-state index contributed by atoms with van der Waals surface area (Å²) >= 11 is 1.61. The van der Waals surface area contributed by atoms with E-state index in [0.29, 0.717) is 13.2 Å². The normalized spacial score (nSPS) is 17.9. The van der Waals surface area contributed by atoms with E-state index in [2.05, 4.69) is 23.6 Å². The minimum Gasteiger partial charge on any atom is -0.493 e. The number of hydrogen-bond acceptors (Lipinski definition) is 5. The van der Waals surface area contributed by atoms with E-state index in [-0.39, 0.29) is 11.5 Å². The second kappa shape index (κ2) is 8.64. The van der Waals surface area contributed by atoms with E-state index in [1.807, 2.05) is 24.3 Å². The molecule has 0 unspecified atom stereocenters. The summed E-state index contributed by atoms with van der Waals surface area (Å²) in [6, 6.07) is 9.97. The van der Waals surface area contributed by atoms with Gasteiger partial charge in [-0.05, 0) is 56.5 Å². The lowest BCUT2D eigenvalue weighted by atomic mass is 9.86. The lowest BCUT2D eigenvalue weighted by molar-refractivity contribution is -0.0771. The number of nitrogens with one attached hydrogen (secondary N) is 2. The number of piperidine rings is 1. The Balaban J connectivity index is 1.47. The zero-order chi connectivity index (χ0) is 19.4. The van der Waals surface area contributed by atoms with Gasteiger partial charge in [-0.25, -0.2) is 0 Å². The third-order valence-corrected chi connectivity index (χ3v) is 6.84. The second-order valence-electron chi connectivity index (χ2n) is 7.45. The largest absolute Gasteiger partial charge is 0.493 e. The Hall–Kier alpha value is -1.89. The molecular weight excluding hydrogens is 372 g/mol. The van der Waals surface area contributed by atoms with Gasteiger partial charge in [-0.3, -0.25) is 4.79 Å². The number of amides is 1. The molecule has 2 aliphatic heterocycles. The van der Waals surface area contributed by atoms with Crippen molar-refractivity contribution in [3.05, 3.63) is 51.2 Å². The molecule has 1 spiro atoms. The molecule has 0 bridgehead atoms. The molecule has 3 heterocycles. The predicted molar refractivity (Wildman–Crippen MR) is 111 cm³/mol. The minimum atomic E-state index is -0.192. The number of ether oxygens (including phenoxy) is 2. The molecule has 0 atom stereocenters. The van der Waals surface area contributed by atoms with Crippen molar-refractivity contribution in [3.63, 3.8) is 0 Å². The van der Waals surface area contributed by atoms with Gasteiger partial charge in [0.2, 0.25) is 0 Å². The predicted octanol–water partition coefficient (Wildman–Crippen LogP) is 3.62. The van der Waals surface area contributed by atoms with E-state index in [4.69, 9.17) is 9.47 Å². The molecule has 0 saturated carbocycles. The first-order chi connectivity index (χ1) is 13.7. The number of para-hydroxylation sites is 1. The standard InChI is InChI=1S/C22H28N2O3S/c1-2-12-26-18-6-4-3-5-17(18)15-24-21(25)19-14-16-7-13-27-22(20(16)28-19)8-10-23-11-9-22/h3-6,14,23H,2,7-13,15H2,1H3,(H,24,25). The molecule has 5 nitrogen and oxygen atoms in total. The van der Waals surface area contributed by atoms with E-state index in [1.165, 1.54) is 10.4 Å². The molecule has 1 fully saturated rings. The molecule has 2 aromatic rings. The van der Waals surface area contributed by atoms with E-state index in [9.17, 15) is 4.79 Å². The topological polar surface area (TPSA) is 59.6 Å². The molecule has 6 heteroatoms. The van der Waals surface area contributed by atoms with Gasteiger partial charge in [0.15, 0.2) is 0 Å². The third kappa shape index (κ3) is 3.95. The molecule has 2 aliphatic rings. The highest BCUT2D eigenvalue weighted by Crippen LogP contribution is 2.44. The summed E-state index contributed by atoms with van der Waals surface area (Å²) in [5.41, 5.74) is 2.10. The first-order valence-electron chi connectivity index (χ1n) is 10.2. The number of benzene rings is 1. The maximum atomic E-state index is 12.8. The van der Waals surface area contributed by atoms with Crippen LogP contribution >= 0.6 is 11.3 Å². The summed E-state index contributed by atoms with van der Waals surface area (Å²) in [6.07, 6.45) is 3.80. The Morgan fingerprint density at radius 2 is 2.14 bits per heavy atom. The summed E-state index contributed by atoms with van der Waals surface area (Å²) in [4.78, 5) is 14.9. The highest BCUT2D eigenvalue weighted by Gasteiger charge is 2.41. The van der Waals surface area contributed by atoms with Gasteiger partial charge in [0.05, 0.1) is 18.1 Å². The van der Waals surface area contributed by atoms with E-state index in [0.717, 1.165) is 61.6 Å². The van der Waals surface area contributed by atoms with Gasteiger partial charge in [0.25, 0.3) is 5.91 Å². The molecule has 150 valence electrons. The number of thiophene rings is 1. The number of hydrogen-bond donors (Lipinski definition) is 2. The smallest absolute Gasteiger partial charge is 0.261 e.